The number of fused-ring (bicyclic) bond motifs is 2. The van der Waals surface area contributed by atoms with E-state index in [0.717, 1.165) is 16.6 Å². The van der Waals surface area contributed by atoms with E-state index in [1.54, 1.807) is 16.7 Å². The number of para-hydroxylation sites is 2. The van der Waals surface area contributed by atoms with Crippen LogP contribution in [0.15, 0.2) is 48.5 Å². The molecule has 0 radical (unpaired) electrons. The molecule has 0 aliphatic carbocycles. The fourth-order valence-electron chi connectivity index (χ4n) is 3.73. The fourth-order valence-corrected chi connectivity index (χ4v) is 3.73. The van der Waals surface area contributed by atoms with Gasteiger partial charge in [0.05, 0.1) is 16.6 Å². The second-order valence-electron chi connectivity index (χ2n) is 7.21. The number of benzene rings is 2. The van der Waals surface area contributed by atoms with Gasteiger partial charge in [-0.2, -0.15) is 10.5 Å². The second-order valence-corrected chi connectivity index (χ2v) is 7.21. The summed E-state index contributed by atoms with van der Waals surface area (Å²) >= 11 is 0. The van der Waals surface area contributed by atoms with Crippen LogP contribution in [0.1, 0.15) is 17.0 Å². The van der Waals surface area contributed by atoms with Gasteiger partial charge < -0.3 is 15.3 Å². The Morgan fingerprint density at radius 2 is 1.69 bits per heavy atom. The first kappa shape index (κ1) is 19.2. The number of nitriles is 2. The highest BCUT2D eigenvalue weighted by Gasteiger charge is 2.24. The molecule has 9 heteroatoms. The third-order valence-electron chi connectivity index (χ3n) is 5.29. The van der Waals surface area contributed by atoms with Crippen molar-refractivity contribution < 1.29 is 4.39 Å². The number of aromatic nitrogens is 5. The maximum absolute atomic E-state index is 13.2. The lowest BCUT2D eigenvalue weighted by molar-refractivity contribution is 0.626. The van der Waals surface area contributed by atoms with Crippen LogP contribution in [0, 0.1) is 28.5 Å². The van der Waals surface area contributed by atoms with Gasteiger partial charge in [-0.1, -0.05) is 24.3 Å². The minimum absolute atomic E-state index is 0.0725. The summed E-state index contributed by atoms with van der Waals surface area (Å²) in [6.45, 7) is 0.416. The molecule has 3 aromatic heterocycles. The summed E-state index contributed by atoms with van der Waals surface area (Å²) < 4.78 is 15.0. The van der Waals surface area contributed by atoms with Crippen LogP contribution >= 0.6 is 0 Å². The number of imidazole rings is 1. The quantitative estimate of drug-likeness (QED) is 0.454. The van der Waals surface area contributed by atoms with Crippen molar-refractivity contribution >= 4 is 28.0 Å². The molecule has 2 aromatic carbocycles. The molecule has 0 saturated heterocycles. The lowest BCUT2D eigenvalue weighted by Crippen LogP contribution is -2.07. The molecule has 0 aliphatic heterocycles. The Morgan fingerprint density at radius 1 is 0.969 bits per heavy atom. The molecule has 0 saturated carbocycles. The van der Waals surface area contributed by atoms with Crippen molar-refractivity contribution in [2.75, 3.05) is 5.73 Å². The molecule has 0 fully saturated rings. The first-order valence-corrected chi connectivity index (χ1v) is 9.78. The Kier molecular flexibility index (Phi) is 4.50. The molecule has 0 amide bonds. The normalized spacial score (nSPS) is 11.0. The van der Waals surface area contributed by atoms with E-state index in [-0.39, 0.29) is 17.2 Å². The van der Waals surface area contributed by atoms with Crippen LogP contribution in [0.3, 0.4) is 0 Å². The van der Waals surface area contributed by atoms with E-state index in [4.69, 9.17) is 5.73 Å². The van der Waals surface area contributed by atoms with Gasteiger partial charge in [0, 0.05) is 6.54 Å². The third kappa shape index (κ3) is 3.09. The number of nitrogens with two attached hydrogens (primary N) is 1. The number of nitrogen functional groups attached to an aromatic ring is 1. The van der Waals surface area contributed by atoms with Gasteiger partial charge in [-0.15, -0.1) is 0 Å². The molecule has 0 atom stereocenters. The van der Waals surface area contributed by atoms with E-state index in [0.29, 0.717) is 41.3 Å². The second kappa shape index (κ2) is 7.49. The highest BCUT2D eigenvalue weighted by Crippen LogP contribution is 2.35. The van der Waals surface area contributed by atoms with Crippen LogP contribution in [0.4, 0.5) is 10.2 Å². The monoisotopic (exact) mass is 422 g/mol. The molecule has 3 N–H and O–H groups in total. The van der Waals surface area contributed by atoms with Crippen molar-refractivity contribution in [3.8, 4) is 23.5 Å². The smallest absolute Gasteiger partial charge is 0.179 e. The molecule has 0 aliphatic rings. The van der Waals surface area contributed by atoms with Crippen LogP contribution in [0.2, 0.25) is 0 Å². The number of halogens is 1. The Balaban J connectivity index is 1.70. The van der Waals surface area contributed by atoms with Gasteiger partial charge in [0.15, 0.2) is 17.0 Å². The first-order chi connectivity index (χ1) is 15.6. The number of nitrogens with one attached hydrogen (secondary N) is 1. The van der Waals surface area contributed by atoms with Gasteiger partial charge >= 0.3 is 0 Å². The number of aromatic amines is 1. The molecule has 0 unspecified atom stereocenters. The van der Waals surface area contributed by atoms with Gasteiger partial charge in [-0.25, -0.2) is 19.3 Å². The van der Waals surface area contributed by atoms with Gasteiger partial charge in [-0.05, 0) is 36.2 Å². The molecule has 5 aromatic rings. The van der Waals surface area contributed by atoms with E-state index >= 15 is 0 Å². The minimum atomic E-state index is -0.305. The van der Waals surface area contributed by atoms with Crippen molar-refractivity contribution in [2.45, 2.75) is 13.0 Å². The zero-order valence-corrected chi connectivity index (χ0v) is 16.7. The van der Waals surface area contributed by atoms with Crippen molar-refractivity contribution in [2.24, 2.45) is 0 Å². The topological polar surface area (TPSA) is 133 Å². The van der Waals surface area contributed by atoms with E-state index in [9.17, 15) is 14.9 Å². The Labute approximate surface area is 181 Å². The molecule has 3 heterocycles. The standard InChI is InChI=1S/C23H15FN8/c24-14-7-5-13(6-8-14)9-10-32-21(27)19(22-29-15-3-1-2-4-16(15)30-22)20-23(32)31-18(12-26)17(11-25)28-20/h1-8H,9-10,27H2,(H,29,30). The summed E-state index contributed by atoms with van der Waals surface area (Å²) in [7, 11) is 0. The van der Waals surface area contributed by atoms with Crippen LogP contribution in [-0.4, -0.2) is 24.5 Å². The molecule has 8 nitrogen and oxygen atoms in total. The number of H-pyrrole nitrogens is 1. The Hall–Kier alpha value is -4.76. The minimum Gasteiger partial charge on any atom is -0.384 e. The van der Waals surface area contributed by atoms with E-state index in [1.807, 2.05) is 36.4 Å². The molecular formula is C23H15FN8. The van der Waals surface area contributed by atoms with Gasteiger partial charge in [0.25, 0.3) is 0 Å². The van der Waals surface area contributed by atoms with Gasteiger partial charge in [0.2, 0.25) is 0 Å². The number of aryl methyl sites for hydroxylation is 2. The number of anilines is 1. The zero-order valence-electron chi connectivity index (χ0n) is 16.7. The van der Waals surface area contributed by atoms with E-state index < -0.39 is 0 Å². The summed E-state index contributed by atoms with van der Waals surface area (Å²) in [4.78, 5) is 16.7. The van der Waals surface area contributed by atoms with Crippen molar-refractivity contribution in [1.82, 2.24) is 24.5 Å². The number of hydrogen-bond donors (Lipinski definition) is 2. The number of nitrogens with zero attached hydrogens (tertiary/aromatic N) is 6. The maximum Gasteiger partial charge on any atom is 0.179 e. The average Bonchev–Trinajstić information content (AvgIpc) is 3.35. The zero-order chi connectivity index (χ0) is 22.2. The van der Waals surface area contributed by atoms with Crippen LogP contribution in [0.25, 0.3) is 33.6 Å². The first-order valence-electron chi connectivity index (χ1n) is 9.78. The molecule has 5 rings (SSSR count). The molecule has 0 spiro atoms. The van der Waals surface area contributed by atoms with Crippen molar-refractivity contribution in [1.29, 1.82) is 10.5 Å². The van der Waals surface area contributed by atoms with Crippen LogP contribution in [-0.2, 0) is 13.0 Å². The van der Waals surface area contributed by atoms with Crippen LogP contribution < -0.4 is 5.73 Å². The third-order valence-corrected chi connectivity index (χ3v) is 5.29. The molecule has 32 heavy (non-hydrogen) atoms. The summed E-state index contributed by atoms with van der Waals surface area (Å²) in [6, 6.07) is 17.6. The summed E-state index contributed by atoms with van der Waals surface area (Å²) in [5.74, 6) is 0.553. The maximum atomic E-state index is 13.2. The summed E-state index contributed by atoms with van der Waals surface area (Å²) in [5.41, 5.74) is 10.2. The van der Waals surface area contributed by atoms with Crippen molar-refractivity contribution in [3.63, 3.8) is 0 Å². The summed E-state index contributed by atoms with van der Waals surface area (Å²) in [5, 5.41) is 18.9. The van der Waals surface area contributed by atoms with E-state index in [1.165, 1.54) is 12.1 Å². The lowest BCUT2D eigenvalue weighted by Gasteiger charge is -2.08. The predicted molar refractivity (Wildman–Crippen MR) is 117 cm³/mol. The Morgan fingerprint density at radius 3 is 2.41 bits per heavy atom. The highest BCUT2D eigenvalue weighted by atomic mass is 19.1. The van der Waals surface area contributed by atoms with Crippen molar-refractivity contribution in [3.05, 3.63) is 71.3 Å². The highest BCUT2D eigenvalue weighted by molar-refractivity contribution is 5.98. The Bertz CT molecular complexity index is 1530. The largest absolute Gasteiger partial charge is 0.384 e. The average molecular weight is 422 g/mol. The predicted octanol–water partition coefficient (Wildman–Crippen LogP) is 3.68. The number of rotatable bonds is 4. The van der Waals surface area contributed by atoms with Gasteiger partial charge in [0.1, 0.15) is 35.1 Å². The molecule has 0 bridgehead atoms. The number of hydrogen-bond acceptors (Lipinski definition) is 6. The molecular weight excluding hydrogens is 407 g/mol. The van der Waals surface area contributed by atoms with Gasteiger partial charge in [-0.3, -0.25) is 0 Å². The summed E-state index contributed by atoms with van der Waals surface area (Å²) in [6.07, 6.45) is 0.553. The lowest BCUT2D eigenvalue weighted by atomic mass is 10.1. The molecule has 154 valence electrons. The van der Waals surface area contributed by atoms with Crippen LogP contribution in [0.5, 0.6) is 0 Å². The van der Waals surface area contributed by atoms with E-state index in [2.05, 4.69) is 19.9 Å². The SMILES string of the molecule is N#Cc1nc2c(-c3nc4ccccc4[nH]3)c(N)n(CCc3ccc(F)cc3)c2nc1C#N. The fraction of sp³-hybridized carbons (Fsp3) is 0.0870.